The summed E-state index contributed by atoms with van der Waals surface area (Å²) in [4.78, 5) is 17.8. The van der Waals surface area contributed by atoms with Gasteiger partial charge in [0.25, 0.3) is 0 Å². The van der Waals surface area contributed by atoms with E-state index in [-0.39, 0.29) is 3.80 Å². The molecule has 0 aromatic heterocycles. The van der Waals surface area contributed by atoms with Crippen LogP contribution in [0.25, 0.3) is 0 Å². The van der Waals surface area contributed by atoms with Crippen LogP contribution in [0, 0.1) is 11.5 Å². The molecule has 12 heavy (non-hydrogen) atoms. The van der Waals surface area contributed by atoms with Gasteiger partial charge in [0.15, 0.2) is 0 Å². The Morgan fingerprint density at radius 3 is 1.83 bits per heavy atom. The molecule has 0 atom stereocenters. The fraction of sp³-hybridized carbons (Fsp3) is 0.667. The van der Waals surface area contributed by atoms with Crippen LogP contribution in [0.3, 0.4) is 0 Å². The molecule has 0 saturated heterocycles. The average Bonchev–Trinajstić information content (AvgIpc) is 1.78. The molecule has 1 nitrogen and oxygen atoms in total. The van der Waals surface area contributed by atoms with Crippen LogP contribution in [-0.2, 0) is 4.79 Å². The van der Waals surface area contributed by atoms with Crippen LogP contribution in [0.15, 0.2) is 0 Å². The molecule has 0 fully saturated rings. The molecule has 3 heteroatoms. The van der Waals surface area contributed by atoms with Crippen LogP contribution in [-0.4, -0.2) is 30.2 Å². The topological polar surface area (TPSA) is 17.1 Å². The van der Waals surface area contributed by atoms with Crippen LogP contribution in [0.5, 0.6) is 0 Å². The monoisotopic (exact) mass is 290 g/mol. The van der Waals surface area contributed by atoms with Crippen LogP contribution >= 0.6 is 0 Å². The second-order valence-corrected chi connectivity index (χ2v) is 24.0. The van der Waals surface area contributed by atoms with Crippen molar-refractivity contribution in [2.45, 2.75) is 34.5 Å². The SMILES string of the molecule is C[Si](C)(C)C#C[C](=O)[Sn]([CH3])([CH3])[CH3]. The zero-order valence-corrected chi connectivity index (χ0v) is 12.8. The third kappa shape index (κ3) is 5.84. The fourth-order valence-corrected chi connectivity index (χ4v) is 2.53. The molecule has 0 aliphatic carbocycles. The maximum atomic E-state index is 11.5. The normalized spacial score (nSPS) is 11.8. The number of rotatable bonds is 1. The van der Waals surface area contributed by atoms with Gasteiger partial charge >= 0.3 is 81.0 Å². The Bertz CT molecular complexity index is 234. The fourth-order valence-electron chi connectivity index (χ4n) is 0.432. The van der Waals surface area contributed by atoms with Gasteiger partial charge in [0.05, 0.1) is 0 Å². The number of hydrogen-bond acceptors (Lipinski definition) is 1. The molecule has 0 aromatic carbocycles. The zero-order valence-electron chi connectivity index (χ0n) is 8.91. The molecule has 0 bridgehead atoms. The Hall–Kier alpha value is 0.246. The van der Waals surface area contributed by atoms with Crippen LogP contribution < -0.4 is 0 Å². The molecule has 0 rings (SSSR count). The predicted octanol–water partition coefficient (Wildman–Crippen LogP) is 2.31. The summed E-state index contributed by atoms with van der Waals surface area (Å²) in [5, 5.41) is 0. The molecule has 0 spiro atoms. The van der Waals surface area contributed by atoms with Crippen LogP contribution in [0.2, 0.25) is 34.5 Å². The van der Waals surface area contributed by atoms with E-state index in [1.165, 1.54) is 0 Å². The summed E-state index contributed by atoms with van der Waals surface area (Å²) in [5.74, 6) is 2.83. The third-order valence-electron chi connectivity index (χ3n) is 1.23. The molecule has 0 saturated carbocycles. The zero-order chi connectivity index (χ0) is 9.99. The standard InChI is InChI=1S/C6H9OSi.3CH3.Sn/c1-8(2,3)6-4-5-7;;;;/h1-3H3;3*1H3;. The number of carbonyl (C=O) groups is 1. The van der Waals surface area contributed by atoms with E-state index in [4.69, 9.17) is 0 Å². The van der Waals surface area contributed by atoms with E-state index in [0.717, 1.165) is 0 Å². The molecular formula is C9H18OSiSn. The summed E-state index contributed by atoms with van der Waals surface area (Å²) >= 11 is -2.34. The first-order valence-electron chi connectivity index (χ1n) is 4.20. The molecule has 0 aliphatic rings. The molecule has 0 aliphatic heterocycles. The van der Waals surface area contributed by atoms with E-state index in [9.17, 15) is 4.79 Å². The summed E-state index contributed by atoms with van der Waals surface area (Å²) in [7, 11) is -1.35. The summed E-state index contributed by atoms with van der Waals surface area (Å²) in [6.45, 7) is 6.47. The molecule has 68 valence electrons. The van der Waals surface area contributed by atoms with Crippen molar-refractivity contribution >= 4 is 30.2 Å². The van der Waals surface area contributed by atoms with Crippen molar-refractivity contribution in [3.8, 4) is 11.5 Å². The summed E-state index contributed by atoms with van der Waals surface area (Å²) in [5.41, 5.74) is 3.12. The van der Waals surface area contributed by atoms with Crippen molar-refractivity contribution in [2.75, 3.05) is 0 Å². The second-order valence-electron chi connectivity index (χ2n) is 5.08. The Kier molecular flexibility index (Phi) is 4.05. The van der Waals surface area contributed by atoms with Crippen LogP contribution in [0.1, 0.15) is 0 Å². The first-order chi connectivity index (χ1) is 5.13. The van der Waals surface area contributed by atoms with Gasteiger partial charge in [0.2, 0.25) is 0 Å². The van der Waals surface area contributed by atoms with Crippen molar-refractivity contribution < 1.29 is 4.79 Å². The van der Waals surface area contributed by atoms with Crippen molar-refractivity contribution in [3.63, 3.8) is 0 Å². The molecular weight excluding hydrogens is 271 g/mol. The van der Waals surface area contributed by atoms with Crippen molar-refractivity contribution in [2.24, 2.45) is 0 Å². The number of carbonyl (C=O) groups excluding carboxylic acids is 1. The Balaban J connectivity index is 4.46. The number of hydrogen-bond donors (Lipinski definition) is 0. The molecule has 0 aromatic rings. The van der Waals surface area contributed by atoms with Gasteiger partial charge in [-0.25, -0.2) is 0 Å². The summed E-state index contributed by atoms with van der Waals surface area (Å²) < 4.78 is 0.256. The van der Waals surface area contributed by atoms with E-state index in [1.54, 1.807) is 0 Å². The first-order valence-corrected chi connectivity index (χ1v) is 17.7. The Morgan fingerprint density at radius 2 is 1.58 bits per heavy atom. The first kappa shape index (κ1) is 12.2. The third-order valence-corrected chi connectivity index (χ3v) is 6.35. The minimum absolute atomic E-state index is 0.256. The molecule has 0 N–H and O–H groups in total. The predicted molar refractivity (Wildman–Crippen MR) is 59.5 cm³/mol. The van der Waals surface area contributed by atoms with Gasteiger partial charge in [-0.05, 0) is 0 Å². The van der Waals surface area contributed by atoms with Crippen molar-refractivity contribution in [1.29, 1.82) is 0 Å². The van der Waals surface area contributed by atoms with Gasteiger partial charge in [0, 0.05) is 0 Å². The van der Waals surface area contributed by atoms with Crippen LogP contribution in [0.4, 0.5) is 0 Å². The molecule has 0 unspecified atom stereocenters. The Labute approximate surface area is 80.8 Å². The van der Waals surface area contributed by atoms with E-state index >= 15 is 0 Å². The van der Waals surface area contributed by atoms with Gasteiger partial charge in [0.1, 0.15) is 0 Å². The second kappa shape index (κ2) is 3.97. The quantitative estimate of drug-likeness (QED) is 0.535. The van der Waals surface area contributed by atoms with Crippen molar-refractivity contribution in [3.05, 3.63) is 0 Å². The van der Waals surface area contributed by atoms with Crippen molar-refractivity contribution in [1.82, 2.24) is 0 Å². The van der Waals surface area contributed by atoms with Gasteiger partial charge < -0.3 is 0 Å². The summed E-state index contributed by atoms with van der Waals surface area (Å²) in [6, 6.07) is 0. The van der Waals surface area contributed by atoms with E-state index in [1.807, 2.05) is 0 Å². The summed E-state index contributed by atoms with van der Waals surface area (Å²) in [6.07, 6.45) is 0. The van der Waals surface area contributed by atoms with E-state index in [2.05, 4.69) is 45.9 Å². The van der Waals surface area contributed by atoms with Gasteiger partial charge in [-0.3, -0.25) is 0 Å². The Morgan fingerprint density at radius 1 is 1.17 bits per heavy atom. The average molecular weight is 289 g/mol. The minimum atomic E-state index is -2.34. The van der Waals surface area contributed by atoms with Gasteiger partial charge in [-0.1, -0.05) is 0 Å². The van der Waals surface area contributed by atoms with Gasteiger partial charge in [-0.2, -0.15) is 0 Å². The maximum absolute atomic E-state index is 11.5. The van der Waals surface area contributed by atoms with Gasteiger partial charge in [-0.15, -0.1) is 0 Å². The molecule has 0 radical (unpaired) electrons. The van der Waals surface area contributed by atoms with E-state index in [0.29, 0.717) is 0 Å². The molecule has 0 amide bonds. The van der Waals surface area contributed by atoms with E-state index < -0.39 is 26.5 Å². The molecule has 0 heterocycles.